The van der Waals surface area contributed by atoms with Crippen molar-refractivity contribution in [3.8, 4) is 0 Å². The molecule has 156 valence electrons. The number of nitrogens with one attached hydrogen (secondary N) is 1. The Hall–Kier alpha value is -2.42. The largest absolute Gasteiger partial charge is 0.463 e. The zero-order valence-corrected chi connectivity index (χ0v) is 16.7. The van der Waals surface area contributed by atoms with Crippen LogP contribution >= 0.6 is 0 Å². The summed E-state index contributed by atoms with van der Waals surface area (Å²) in [6.45, 7) is 5.76. The molecule has 28 heavy (non-hydrogen) atoms. The fraction of sp³-hybridized carbons (Fsp3) is 0.684. The molecule has 0 radical (unpaired) electrons. The standard InChI is InChI=1S/C19H29N3O6/c1-4-5-6-7-17(23)28-21-15-10-11-22(19(25)20-15)16-9-8-14(27-16)12-26-18(24)13(2)3/h10-11,13-14,16H,4-9,12H2,1-3H3,(H,20,21,25)/t14-,16+/m0/s1. The van der Waals surface area contributed by atoms with Gasteiger partial charge in [0.2, 0.25) is 0 Å². The van der Waals surface area contributed by atoms with Gasteiger partial charge in [0.15, 0.2) is 5.82 Å². The van der Waals surface area contributed by atoms with Crippen molar-refractivity contribution in [2.24, 2.45) is 5.92 Å². The van der Waals surface area contributed by atoms with E-state index in [4.69, 9.17) is 14.3 Å². The molecule has 0 unspecified atom stereocenters. The topological polar surface area (TPSA) is 109 Å². The molecule has 0 amide bonds. The van der Waals surface area contributed by atoms with Gasteiger partial charge in [-0.3, -0.25) is 9.36 Å². The quantitative estimate of drug-likeness (QED) is 0.366. The summed E-state index contributed by atoms with van der Waals surface area (Å²) in [5.41, 5.74) is 1.89. The summed E-state index contributed by atoms with van der Waals surface area (Å²) >= 11 is 0. The summed E-state index contributed by atoms with van der Waals surface area (Å²) in [6.07, 6.45) is 5.18. The van der Waals surface area contributed by atoms with Crippen molar-refractivity contribution in [2.45, 2.75) is 71.6 Å². The molecule has 9 nitrogen and oxygen atoms in total. The predicted molar refractivity (Wildman–Crippen MR) is 101 cm³/mol. The Kier molecular flexibility index (Phi) is 8.43. The third-order valence-electron chi connectivity index (χ3n) is 4.36. The van der Waals surface area contributed by atoms with Crippen LogP contribution < -0.4 is 11.2 Å². The molecule has 0 saturated carbocycles. The van der Waals surface area contributed by atoms with E-state index in [1.807, 2.05) is 0 Å². The average Bonchev–Trinajstić information content (AvgIpc) is 3.13. The lowest BCUT2D eigenvalue weighted by molar-refractivity contribution is -0.152. The van der Waals surface area contributed by atoms with E-state index in [-0.39, 0.29) is 30.4 Å². The van der Waals surface area contributed by atoms with Gasteiger partial charge in [-0.25, -0.2) is 15.1 Å². The highest BCUT2D eigenvalue weighted by molar-refractivity contribution is 5.71. The molecule has 1 saturated heterocycles. The van der Waals surface area contributed by atoms with Crippen LogP contribution in [-0.4, -0.2) is 34.2 Å². The van der Waals surface area contributed by atoms with E-state index in [0.29, 0.717) is 19.3 Å². The van der Waals surface area contributed by atoms with Crippen LogP contribution in [0.25, 0.3) is 0 Å². The Labute approximate surface area is 164 Å². The van der Waals surface area contributed by atoms with Gasteiger partial charge in [-0.05, 0) is 19.3 Å². The first-order chi connectivity index (χ1) is 13.4. The number of aromatic nitrogens is 2. The van der Waals surface area contributed by atoms with Crippen LogP contribution in [0.15, 0.2) is 17.1 Å². The number of ether oxygens (including phenoxy) is 2. The lowest BCUT2D eigenvalue weighted by Gasteiger charge is -2.16. The molecule has 0 spiro atoms. The summed E-state index contributed by atoms with van der Waals surface area (Å²) in [4.78, 5) is 44.1. The first kappa shape index (κ1) is 21.9. The molecule has 1 N–H and O–H groups in total. The first-order valence-electron chi connectivity index (χ1n) is 9.77. The molecular weight excluding hydrogens is 366 g/mol. The Morgan fingerprint density at radius 1 is 1.36 bits per heavy atom. The van der Waals surface area contributed by atoms with Crippen LogP contribution in [0, 0.1) is 5.92 Å². The molecule has 1 aromatic heterocycles. The van der Waals surface area contributed by atoms with Gasteiger partial charge < -0.3 is 14.3 Å². The maximum Gasteiger partial charge on any atom is 0.351 e. The van der Waals surface area contributed by atoms with Gasteiger partial charge in [-0.2, -0.15) is 4.98 Å². The molecule has 1 aliphatic rings. The number of hydrogen-bond donors (Lipinski definition) is 1. The van der Waals surface area contributed by atoms with E-state index in [1.54, 1.807) is 13.8 Å². The van der Waals surface area contributed by atoms with Crippen molar-refractivity contribution in [1.82, 2.24) is 9.55 Å². The zero-order chi connectivity index (χ0) is 20.5. The summed E-state index contributed by atoms with van der Waals surface area (Å²) in [5, 5.41) is 0. The van der Waals surface area contributed by atoms with Crippen molar-refractivity contribution in [1.29, 1.82) is 0 Å². The minimum absolute atomic E-state index is 0.158. The van der Waals surface area contributed by atoms with Crippen LogP contribution in [0.3, 0.4) is 0 Å². The van der Waals surface area contributed by atoms with Gasteiger partial charge in [0.25, 0.3) is 0 Å². The van der Waals surface area contributed by atoms with Crippen LogP contribution in [0.4, 0.5) is 5.82 Å². The van der Waals surface area contributed by atoms with Crippen molar-refractivity contribution >= 4 is 17.8 Å². The number of nitrogens with zero attached hydrogens (tertiary/aromatic N) is 2. The summed E-state index contributed by atoms with van der Waals surface area (Å²) in [5.74, 6) is -0.696. The third-order valence-corrected chi connectivity index (χ3v) is 4.36. The Bertz CT molecular complexity index is 718. The third kappa shape index (κ3) is 6.63. The number of rotatable bonds is 10. The Balaban J connectivity index is 1.83. The predicted octanol–water partition coefficient (Wildman–Crippen LogP) is 2.57. The van der Waals surface area contributed by atoms with E-state index in [1.165, 1.54) is 16.8 Å². The SMILES string of the molecule is CCCCCC(=O)ONc1ccn([C@H]2CC[C@@H](COC(=O)C(C)C)O2)c(=O)n1. The van der Waals surface area contributed by atoms with E-state index < -0.39 is 17.9 Å². The first-order valence-corrected chi connectivity index (χ1v) is 9.77. The van der Waals surface area contributed by atoms with Gasteiger partial charge >= 0.3 is 17.6 Å². The van der Waals surface area contributed by atoms with Gasteiger partial charge in [0.1, 0.15) is 12.8 Å². The lowest BCUT2D eigenvalue weighted by atomic mass is 10.2. The number of carbonyl (C=O) groups excluding carboxylic acids is 2. The fourth-order valence-corrected chi connectivity index (χ4v) is 2.72. The smallest absolute Gasteiger partial charge is 0.351 e. The number of esters is 1. The van der Waals surface area contributed by atoms with Crippen LogP contribution in [0.2, 0.25) is 0 Å². The number of unbranched alkanes of at least 4 members (excludes halogenated alkanes) is 2. The number of anilines is 1. The zero-order valence-electron chi connectivity index (χ0n) is 16.7. The fourth-order valence-electron chi connectivity index (χ4n) is 2.72. The van der Waals surface area contributed by atoms with E-state index in [9.17, 15) is 14.4 Å². The second kappa shape index (κ2) is 10.8. The van der Waals surface area contributed by atoms with Crippen LogP contribution in [0.1, 0.15) is 65.5 Å². The van der Waals surface area contributed by atoms with Crippen molar-refractivity contribution in [2.75, 3.05) is 12.1 Å². The highest BCUT2D eigenvalue weighted by Crippen LogP contribution is 2.27. The summed E-state index contributed by atoms with van der Waals surface area (Å²) < 4.78 is 12.3. The minimum Gasteiger partial charge on any atom is -0.463 e. The average molecular weight is 395 g/mol. The molecule has 1 aromatic rings. The normalized spacial score (nSPS) is 18.9. The lowest BCUT2D eigenvalue weighted by Crippen LogP contribution is -2.28. The molecule has 1 fully saturated rings. The van der Waals surface area contributed by atoms with Crippen LogP contribution in [0.5, 0.6) is 0 Å². The van der Waals surface area contributed by atoms with Gasteiger partial charge in [-0.15, -0.1) is 0 Å². The monoisotopic (exact) mass is 395 g/mol. The van der Waals surface area contributed by atoms with Gasteiger partial charge in [0.05, 0.1) is 12.0 Å². The Morgan fingerprint density at radius 3 is 2.82 bits per heavy atom. The molecule has 1 aliphatic heterocycles. The van der Waals surface area contributed by atoms with Crippen molar-refractivity contribution < 1.29 is 23.9 Å². The van der Waals surface area contributed by atoms with Crippen LogP contribution in [-0.2, 0) is 23.9 Å². The molecule has 0 aliphatic carbocycles. The second-order valence-electron chi connectivity index (χ2n) is 7.11. The molecule has 2 atom stereocenters. The molecular formula is C19H29N3O6. The number of hydrogen-bond acceptors (Lipinski definition) is 8. The maximum atomic E-state index is 12.3. The molecule has 2 heterocycles. The van der Waals surface area contributed by atoms with E-state index in [0.717, 1.165) is 19.3 Å². The molecule has 0 bridgehead atoms. The summed E-state index contributed by atoms with van der Waals surface area (Å²) in [6, 6.07) is 1.54. The highest BCUT2D eigenvalue weighted by atomic mass is 16.7. The van der Waals surface area contributed by atoms with Gasteiger partial charge in [0, 0.05) is 18.7 Å². The highest BCUT2D eigenvalue weighted by Gasteiger charge is 2.28. The Morgan fingerprint density at radius 2 is 2.14 bits per heavy atom. The second-order valence-corrected chi connectivity index (χ2v) is 7.11. The van der Waals surface area contributed by atoms with Gasteiger partial charge in [-0.1, -0.05) is 33.6 Å². The number of carbonyl (C=O) groups is 2. The molecule has 2 rings (SSSR count). The van der Waals surface area contributed by atoms with Crippen molar-refractivity contribution in [3.05, 3.63) is 22.7 Å². The van der Waals surface area contributed by atoms with E-state index >= 15 is 0 Å². The summed E-state index contributed by atoms with van der Waals surface area (Å²) in [7, 11) is 0. The van der Waals surface area contributed by atoms with E-state index in [2.05, 4.69) is 17.4 Å². The molecule has 0 aromatic carbocycles. The maximum absolute atomic E-state index is 12.3. The minimum atomic E-state index is -0.517. The van der Waals surface area contributed by atoms with Crippen molar-refractivity contribution in [3.63, 3.8) is 0 Å². The molecule has 9 heteroatoms.